The van der Waals surface area contributed by atoms with Crippen molar-refractivity contribution in [2.75, 3.05) is 6.54 Å². The van der Waals surface area contributed by atoms with E-state index in [-0.39, 0.29) is 5.41 Å². The molecule has 112 valence electrons. The van der Waals surface area contributed by atoms with E-state index in [0.29, 0.717) is 12.6 Å². The van der Waals surface area contributed by atoms with E-state index < -0.39 is 6.10 Å². The molecule has 0 amide bonds. The summed E-state index contributed by atoms with van der Waals surface area (Å²) >= 11 is 1.63. The van der Waals surface area contributed by atoms with Gasteiger partial charge in [-0.25, -0.2) is 0 Å². The van der Waals surface area contributed by atoms with E-state index in [9.17, 15) is 5.11 Å². The molecule has 2 N–H and O–H groups in total. The largest absolute Gasteiger partial charge is 0.387 e. The van der Waals surface area contributed by atoms with Gasteiger partial charge in [-0.1, -0.05) is 38.1 Å². The highest BCUT2D eigenvalue weighted by molar-refractivity contribution is 7.07. The van der Waals surface area contributed by atoms with E-state index in [1.807, 2.05) is 16.8 Å². The molecule has 1 aromatic heterocycles. The molecular formula is C18H23NOS. The van der Waals surface area contributed by atoms with Crippen LogP contribution in [0.4, 0.5) is 0 Å². The molecule has 0 saturated heterocycles. The van der Waals surface area contributed by atoms with Gasteiger partial charge in [0.1, 0.15) is 0 Å². The van der Waals surface area contributed by atoms with Gasteiger partial charge in [0.15, 0.2) is 0 Å². The SMILES string of the molecule is CC1(C)CCc2ccccc2C1NCC(O)c1ccsc1. The summed E-state index contributed by atoms with van der Waals surface area (Å²) in [6, 6.07) is 11.0. The number of benzene rings is 1. The number of nitrogens with one attached hydrogen (secondary N) is 1. The Morgan fingerprint density at radius 1 is 1.33 bits per heavy atom. The predicted octanol–water partition coefficient (Wildman–Crippen LogP) is 4.08. The Kier molecular flexibility index (Phi) is 4.16. The van der Waals surface area contributed by atoms with Crippen molar-refractivity contribution < 1.29 is 5.11 Å². The van der Waals surface area contributed by atoms with Gasteiger partial charge in [-0.3, -0.25) is 0 Å². The Balaban J connectivity index is 1.77. The summed E-state index contributed by atoms with van der Waals surface area (Å²) in [5, 5.41) is 17.9. The third-order valence-electron chi connectivity index (χ3n) is 4.63. The summed E-state index contributed by atoms with van der Waals surface area (Å²) < 4.78 is 0. The summed E-state index contributed by atoms with van der Waals surface area (Å²) in [6.45, 7) is 5.23. The fourth-order valence-corrected chi connectivity index (χ4v) is 3.97. The van der Waals surface area contributed by atoms with Crippen LogP contribution in [0, 0.1) is 5.41 Å². The smallest absolute Gasteiger partial charge is 0.0922 e. The lowest BCUT2D eigenvalue weighted by molar-refractivity contribution is 0.143. The van der Waals surface area contributed by atoms with Crippen LogP contribution in [0.1, 0.15) is 49.1 Å². The summed E-state index contributed by atoms with van der Waals surface area (Å²) in [4.78, 5) is 0. The molecule has 3 heteroatoms. The molecule has 1 aliphatic rings. The molecule has 0 saturated carbocycles. The molecule has 0 radical (unpaired) electrons. The predicted molar refractivity (Wildman–Crippen MR) is 88.6 cm³/mol. The van der Waals surface area contributed by atoms with Gasteiger partial charge in [0.05, 0.1) is 6.10 Å². The summed E-state index contributed by atoms with van der Waals surface area (Å²) in [6.07, 6.45) is 1.89. The third-order valence-corrected chi connectivity index (χ3v) is 5.33. The van der Waals surface area contributed by atoms with Crippen LogP contribution in [0.3, 0.4) is 0 Å². The Labute approximate surface area is 130 Å². The van der Waals surface area contributed by atoms with Crippen molar-refractivity contribution in [1.29, 1.82) is 0 Å². The van der Waals surface area contributed by atoms with Crippen LogP contribution < -0.4 is 5.32 Å². The minimum atomic E-state index is -0.430. The van der Waals surface area contributed by atoms with Gasteiger partial charge in [-0.05, 0) is 51.8 Å². The first-order valence-corrected chi connectivity index (χ1v) is 8.53. The number of aliphatic hydroxyl groups is 1. The van der Waals surface area contributed by atoms with Crippen molar-refractivity contribution in [3.05, 3.63) is 57.8 Å². The van der Waals surface area contributed by atoms with Crippen molar-refractivity contribution in [2.45, 2.75) is 38.8 Å². The molecule has 2 unspecified atom stereocenters. The molecule has 2 aromatic rings. The lowest BCUT2D eigenvalue weighted by Crippen LogP contribution is -2.39. The summed E-state index contributed by atoms with van der Waals surface area (Å²) in [7, 11) is 0. The zero-order valence-corrected chi connectivity index (χ0v) is 13.5. The van der Waals surface area contributed by atoms with Crippen LogP contribution in [0.2, 0.25) is 0 Å². The lowest BCUT2D eigenvalue weighted by Gasteiger charge is -2.41. The van der Waals surface area contributed by atoms with Crippen LogP contribution in [0.5, 0.6) is 0 Å². The lowest BCUT2D eigenvalue weighted by atomic mass is 9.70. The second-order valence-corrected chi connectivity index (χ2v) is 7.38. The fourth-order valence-electron chi connectivity index (χ4n) is 3.26. The maximum Gasteiger partial charge on any atom is 0.0922 e. The normalized spacial score (nSPS) is 21.8. The average Bonchev–Trinajstić information content (AvgIpc) is 3.00. The highest BCUT2D eigenvalue weighted by Gasteiger charge is 2.35. The van der Waals surface area contributed by atoms with E-state index in [1.165, 1.54) is 17.5 Å². The molecule has 1 aliphatic carbocycles. The molecule has 3 rings (SSSR count). The number of fused-ring (bicyclic) bond motifs is 1. The van der Waals surface area contributed by atoms with Crippen molar-refractivity contribution in [3.63, 3.8) is 0 Å². The zero-order chi connectivity index (χ0) is 14.9. The number of thiophene rings is 1. The van der Waals surface area contributed by atoms with E-state index in [0.717, 1.165) is 12.0 Å². The third kappa shape index (κ3) is 3.05. The molecule has 21 heavy (non-hydrogen) atoms. The van der Waals surface area contributed by atoms with Crippen molar-refractivity contribution in [2.24, 2.45) is 5.41 Å². The summed E-state index contributed by atoms with van der Waals surface area (Å²) in [5.41, 5.74) is 4.06. The van der Waals surface area contributed by atoms with E-state index >= 15 is 0 Å². The number of rotatable bonds is 4. The highest BCUT2D eigenvalue weighted by atomic mass is 32.1. The van der Waals surface area contributed by atoms with Crippen molar-refractivity contribution >= 4 is 11.3 Å². The summed E-state index contributed by atoms with van der Waals surface area (Å²) in [5.74, 6) is 0. The van der Waals surface area contributed by atoms with Crippen LogP contribution in [-0.4, -0.2) is 11.7 Å². The first-order valence-electron chi connectivity index (χ1n) is 7.59. The van der Waals surface area contributed by atoms with Crippen molar-refractivity contribution in [1.82, 2.24) is 5.32 Å². The van der Waals surface area contributed by atoms with Crippen LogP contribution in [-0.2, 0) is 6.42 Å². The highest BCUT2D eigenvalue weighted by Crippen LogP contribution is 2.43. The maximum atomic E-state index is 10.3. The number of hydrogen-bond acceptors (Lipinski definition) is 3. The topological polar surface area (TPSA) is 32.3 Å². The molecular weight excluding hydrogens is 278 g/mol. The van der Waals surface area contributed by atoms with Gasteiger partial charge in [0.2, 0.25) is 0 Å². The molecule has 0 bridgehead atoms. The number of hydrogen-bond donors (Lipinski definition) is 2. The Bertz CT molecular complexity index is 591. The molecule has 2 nitrogen and oxygen atoms in total. The second kappa shape index (κ2) is 5.91. The molecule has 1 heterocycles. The molecule has 2 atom stereocenters. The molecule has 0 spiro atoms. The van der Waals surface area contributed by atoms with Crippen LogP contribution in [0.15, 0.2) is 41.1 Å². The van der Waals surface area contributed by atoms with Gasteiger partial charge >= 0.3 is 0 Å². The fraction of sp³-hybridized carbons (Fsp3) is 0.444. The van der Waals surface area contributed by atoms with Gasteiger partial charge in [-0.2, -0.15) is 11.3 Å². The molecule has 0 fully saturated rings. The number of aliphatic hydroxyl groups excluding tert-OH is 1. The Morgan fingerprint density at radius 2 is 2.14 bits per heavy atom. The standard InChI is InChI=1S/C18H23NOS/c1-18(2)9-7-13-5-3-4-6-15(13)17(18)19-11-16(20)14-8-10-21-12-14/h3-6,8,10,12,16-17,19-20H,7,9,11H2,1-2H3. The molecule has 0 aliphatic heterocycles. The minimum Gasteiger partial charge on any atom is -0.387 e. The first kappa shape index (κ1) is 14.8. The molecule has 1 aromatic carbocycles. The van der Waals surface area contributed by atoms with Gasteiger partial charge in [0.25, 0.3) is 0 Å². The minimum absolute atomic E-state index is 0.211. The van der Waals surface area contributed by atoms with Crippen molar-refractivity contribution in [3.8, 4) is 0 Å². The van der Waals surface area contributed by atoms with Gasteiger partial charge in [0, 0.05) is 12.6 Å². The van der Waals surface area contributed by atoms with E-state index in [4.69, 9.17) is 0 Å². The van der Waals surface area contributed by atoms with Gasteiger partial charge in [-0.15, -0.1) is 0 Å². The van der Waals surface area contributed by atoms with Gasteiger partial charge < -0.3 is 10.4 Å². The monoisotopic (exact) mass is 301 g/mol. The quantitative estimate of drug-likeness (QED) is 0.891. The average molecular weight is 301 g/mol. The van der Waals surface area contributed by atoms with Crippen LogP contribution >= 0.6 is 11.3 Å². The maximum absolute atomic E-state index is 10.3. The second-order valence-electron chi connectivity index (χ2n) is 6.60. The Hall–Kier alpha value is -1.16. The number of aryl methyl sites for hydroxylation is 1. The van der Waals surface area contributed by atoms with E-state index in [2.05, 4.69) is 43.4 Å². The van der Waals surface area contributed by atoms with E-state index in [1.54, 1.807) is 11.3 Å². The first-order chi connectivity index (χ1) is 10.1. The van der Waals surface area contributed by atoms with Crippen LogP contribution in [0.25, 0.3) is 0 Å². The Morgan fingerprint density at radius 3 is 2.90 bits per heavy atom. The zero-order valence-electron chi connectivity index (χ0n) is 12.7.